The fourth-order valence-electron chi connectivity index (χ4n) is 3.78. The van der Waals surface area contributed by atoms with Crippen LogP contribution >= 0.6 is 0 Å². The molecule has 0 spiro atoms. The fraction of sp³-hybridized carbons (Fsp3) is 0.636. The molecule has 0 N–H and O–H groups in total. The Morgan fingerprint density at radius 1 is 1.15 bits per heavy atom. The van der Waals surface area contributed by atoms with Gasteiger partial charge in [0.2, 0.25) is 11.8 Å². The molecule has 2 aliphatic heterocycles. The number of rotatable bonds is 4. The average molecular weight is 373 g/mol. The first-order chi connectivity index (χ1) is 12.8. The van der Waals surface area contributed by atoms with Gasteiger partial charge in [0.25, 0.3) is 0 Å². The van der Waals surface area contributed by atoms with E-state index in [1.54, 1.807) is 0 Å². The van der Waals surface area contributed by atoms with Crippen LogP contribution in [0.2, 0.25) is 0 Å². The Hall–Kier alpha value is -1.88. The van der Waals surface area contributed by atoms with Gasteiger partial charge in [0.1, 0.15) is 6.10 Å². The van der Waals surface area contributed by atoms with Crippen molar-refractivity contribution < 1.29 is 14.3 Å². The molecule has 0 radical (unpaired) electrons. The molecule has 1 aromatic rings. The third-order valence-corrected chi connectivity index (χ3v) is 5.61. The first-order valence-electron chi connectivity index (χ1n) is 10.1. The molecule has 1 aromatic carbocycles. The van der Waals surface area contributed by atoms with Crippen LogP contribution in [0.5, 0.6) is 0 Å². The number of likely N-dealkylation sites (tertiary alicyclic amines) is 1. The van der Waals surface area contributed by atoms with Crippen molar-refractivity contribution in [2.45, 2.75) is 58.7 Å². The Morgan fingerprint density at radius 3 is 2.56 bits per heavy atom. The second-order valence-corrected chi connectivity index (χ2v) is 8.78. The second kappa shape index (κ2) is 8.42. The van der Waals surface area contributed by atoms with E-state index in [1.165, 1.54) is 0 Å². The molecule has 0 aromatic heterocycles. The number of carbonyl (C=O) groups is 2. The Bertz CT molecular complexity index is 653. The van der Waals surface area contributed by atoms with Gasteiger partial charge in [0.05, 0.1) is 12.6 Å². The van der Waals surface area contributed by atoms with Crippen LogP contribution in [0.25, 0.3) is 0 Å². The van der Waals surface area contributed by atoms with Gasteiger partial charge < -0.3 is 14.5 Å². The Kier molecular flexibility index (Phi) is 6.20. The minimum Gasteiger partial charge on any atom is -0.366 e. The minimum atomic E-state index is -0.107. The highest BCUT2D eigenvalue weighted by Gasteiger charge is 2.37. The molecule has 0 aliphatic carbocycles. The van der Waals surface area contributed by atoms with Gasteiger partial charge in [-0.1, -0.05) is 51.1 Å². The number of hydrogen-bond acceptors (Lipinski definition) is 3. The van der Waals surface area contributed by atoms with Crippen LogP contribution in [0.3, 0.4) is 0 Å². The molecule has 2 fully saturated rings. The number of benzene rings is 1. The molecule has 5 heteroatoms. The topological polar surface area (TPSA) is 49.9 Å². The zero-order valence-corrected chi connectivity index (χ0v) is 16.8. The van der Waals surface area contributed by atoms with Crippen LogP contribution in [0.4, 0.5) is 0 Å². The molecule has 3 rings (SSSR count). The van der Waals surface area contributed by atoms with Crippen molar-refractivity contribution in [1.82, 2.24) is 9.80 Å². The minimum absolute atomic E-state index is 0.0166. The largest absolute Gasteiger partial charge is 0.366 e. The normalized spacial score (nSPS) is 24.2. The third-order valence-electron chi connectivity index (χ3n) is 5.61. The van der Waals surface area contributed by atoms with E-state index in [1.807, 2.05) is 28.0 Å². The summed E-state index contributed by atoms with van der Waals surface area (Å²) in [5.41, 5.74) is 1.06. The quantitative estimate of drug-likeness (QED) is 0.814. The van der Waals surface area contributed by atoms with Gasteiger partial charge in [-0.25, -0.2) is 0 Å². The molecule has 2 atom stereocenters. The van der Waals surface area contributed by atoms with Crippen LogP contribution in [0, 0.1) is 5.41 Å². The van der Waals surface area contributed by atoms with Gasteiger partial charge in [0, 0.05) is 32.5 Å². The standard InChI is InChI=1S/C22H32N2O3/c1-22(2,3)19-16-24(15-18(27-19)17-9-5-4-6-10-17)21(26)12-14-23-13-8-7-11-20(23)25/h4-6,9-10,18-19H,7-8,11-16H2,1-3H3/t18-,19+/m0/s1. The number of carbonyl (C=O) groups excluding carboxylic acids is 2. The summed E-state index contributed by atoms with van der Waals surface area (Å²) in [4.78, 5) is 28.7. The number of nitrogens with zero attached hydrogens (tertiary/aromatic N) is 2. The van der Waals surface area contributed by atoms with E-state index in [2.05, 4.69) is 32.9 Å². The molecule has 5 nitrogen and oxygen atoms in total. The molecule has 148 valence electrons. The predicted molar refractivity (Wildman–Crippen MR) is 105 cm³/mol. The summed E-state index contributed by atoms with van der Waals surface area (Å²) in [7, 11) is 0. The van der Waals surface area contributed by atoms with E-state index >= 15 is 0 Å². The number of hydrogen-bond donors (Lipinski definition) is 0. The number of ether oxygens (including phenoxy) is 1. The van der Waals surface area contributed by atoms with Gasteiger partial charge in [-0.05, 0) is 23.8 Å². The molecule has 0 saturated carbocycles. The maximum absolute atomic E-state index is 12.9. The highest BCUT2D eigenvalue weighted by Crippen LogP contribution is 2.33. The average Bonchev–Trinajstić information content (AvgIpc) is 2.67. The summed E-state index contributed by atoms with van der Waals surface area (Å²) in [5.74, 6) is 0.303. The molecular weight excluding hydrogens is 340 g/mol. The smallest absolute Gasteiger partial charge is 0.224 e. The molecule has 2 amide bonds. The van der Waals surface area contributed by atoms with E-state index in [4.69, 9.17) is 4.74 Å². The van der Waals surface area contributed by atoms with Gasteiger partial charge in [-0.3, -0.25) is 9.59 Å². The number of piperidine rings is 1. The Balaban J connectivity index is 1.66. The van der Waals surface area contributed by atoms with Crippen molar-refractivity contribution in [3.63, 3.8) is 0 Å². The maximum atomic E-state index is 12.9. The fourth-order valence-corrected chi connectivity index (χ4v) is 3.78. The Labute approximate surface area is 162 Å². The monoisotopic (exact) mass is 372 g/mol. The van der Waals surface area contributed by atoms with Crippen molar-refractivity contribution in [2.24, 2.45) is 5.41 Å². The van der Waals surface area contributed by atoms with E-state index in [0.29, 0.717) is 32.5 Å². The molecule has 2 heterocycles. The summed E-state index contributed by atoms with van der Waals surface area (Å²) in [6.07, 6.45) is 2.90. The van der Waals surface area contributed by atoms with Crippen molar-refractivity contribution in [3.8, 4) is 0 Å². The third kappa shape index (κ3) is 5.10. The molecule has 27 heavy (non-hydrogen) atoms. The van der Waals surface area contributed by atoms with E-state index in [0.717, 1.165) is 24.9 Å². The lowest BCUT2D eigenvalue weighted by Crippen LogP contribution is -2.51. The second-order valence-electron chi connectivity index (χ2n) is 8.78. The zero-order valence-electron chi connectivity index (χ0n) is 16.8. The lowest BCUT2D eigenvalue weighted by Gasteiger charge is -2.43. The van der Waals surface area contributed by atoms with Crippen LogP contribution in [-0.4, -0.2) is 53.9 Å². The summed E-state index contributed by atoms with van der Waals surface area (Å²) < 4.78 is 6.37. The van der Waals surface area contributed by atoms with E-state index in [9.17, 15) is 9.59 Å². The van der Waals surface area contributed by atoms with Gasteiger partial charge in [0.15, 0.2) is 0 Å². The molecule has 0 unspecified atom stereocenters. The SMILES string of the molecule is CC(C)(C)[C@H]1CN(C(=O)CCN2CCCCC2=O)C[C@@H](c2ccccc2)O1. The summed E-state index contributed by atoms with van der Waals surface area (Å²) in [6, 6.07) is 10.1. The van der Waals surface area contributed by atoms with E-state index in [-0.39, 0.29) is 29.4 Å². The Morgan fingerprint density at radius 2 is 1.89 bits per heavy atom. The summed E-state index contributed by atoms with van der Waals surface area (Å²) in [5, 5.41) is 0. The molecule has 2 saturated heterocycles. The molecule has 2 aliphatic rings. The van der Waals surface area contributed by atoms with Crippen molar-refractivity contribution in [2.75, 3.05) is 26.2 Å². The van der Waals surface area contributed by atoms with Gasteiger partial charge in [-0.15, -0.1) is 0 Å². The lowest BCUT2D eigenvalue weighted by atomic mass is 9.87. The first-order valence-corrected chi connectivity index (χ1v) is 10.1. The summed E-state index contributed by atoms with van der Waals surface area (Å²) >= 11 is 0. The highest BCUT2D eigenvalue weighted by atomic mass is 16.5. The highest BCUT2D eigenvalue weighted by molar-refractivity contribution is 5.79. The van der Waals surface area contributed by atoms with Crippen LogP contribution < -0.4 is 0 Å². The van der Waals surface area contributed by atoms with Crippen molar-refractivity contribution in [3.05, 3.63) is 35.9 Å². The van der Waals surface area contributed by atoms with Gasteiger partial charge in [-0.2, -0.15) is 0 Å². The molecular formula is C22H32N2O3. The van der Waals surface area contributed by atoms with Crippen LogP contribution in [0.15, 0.2) is 30.3 Å². The molecule has 0 bridgehead atoms. The zero-order chi connectivity index (χ0) is 19.4. The first kappa shape index (κ1) is 19.9. The summed E-state index contributed by atoms with van der Waals surface area (Å²) in [6.45, 7) is 8.96. The predicted octanol–water partition coefficient (Wildman–Crippen LogP) is 3.40. The van der Waals surface area contributed by atoms with Gasteiger partial charge >= 0.3 is 0 Å². The van der Waals surface area contributed by atoms with Crippen LogP contribution in [-0.2, 0) is 14.3 Å². The number of morpholine rings is 1. The lowest BCUT2D eigenvalue weighted by molar-refractivity contribution is -0.157. The van der Waals surface area contributed by atoms with E-state index < -0.39 is 0 Å². The number of amides is 2. The van der Waals surface area contributed by atoms with Crippen molar-refractivity contribution in [1.29, 1.82) is 0 Å². The maximum Gasteiger partial charge on any atom is 0.224 e. The van der Waals surface area contributed by atoms with Crippen LogP contribution in [0.1, 0.15) is 58.1 Å². The van der Waals surface area contributed by atoms with Crippen molar-refractivity contribution >= 4 is 11.8 Å².